The summed E-state index contributed by atoms with van der Waals surface area (Å²) < 4.78 is 40.0. The lowest BCUT2D eigenvalue weighted by atomic mass is 10.0. The highest BCUT2D eigenvalue weighted by atomic mass is 127. The first-order valence-corrected chi connectivity index (χ1v) is 6.50. The Labute approximate surface area is 125 Å². The van der Waals surface area contributed by atoms with E-state index in [2.05, 4.69) is 0 Å². The number of hydrogen-bond acceptors (Lipinski definition) is 1. The molecule has 0 spiro atoms. The molecule has 0 saturated carbocycles. The van der Waals surface area contributed by atoms with E-state index in [0.717, 1.165) is 6.07 Å². The Morgan fingerprint density at radius 1 is 1.00 bits per heavy atom. The number of halogens is 5. The fourth-order valence-electron chi connectivity index (χ4n) is 1.52. The van der Waals surface area contributed by atoms with E-state index in [0.29, 0.717) is 14.7 Å². The van der Waals surface area contributed by atoms with Crippen LogP contribution in [0.15, 0.2) is 30.3 Å². The molecule has 0 aliphatic rings. The molecule has 0 N–H and O–H groups in total. The summed E-state index contributed by atoms with van der Waals surface area (Å²) in [5.74, 6) is -5.25. The van der Waals surface area contributed by atoms with Gasteiger partial charge in [0.1, 0.15) is 0 Å². The van der Waals surface area contributed by atoms with E-state index in [1.807, 2.05) is 22.6 Å². The molecule has 2 aromatic rings. The van der Waals surface area contributed by atoms with Crippen LogP contribution in [0.5, 0.6) is 0 Å². The van der Waals surface area contributed by atoms with Gasteiger partial charge < -0.3 is 0 Å². The van der Waals surface area contributed by atoms with E-state index in [4.69, 9.17) is 11.6 Å². The van der Waals surface area contributed by atoms with E-state index in [9.17, 15) is 18.0 Å². The highest BCUT2D eigenvalue weighted by molar-refractivity contribution is 14.1. The first-order valence-electron chi connectivity index (χ1n) is 5.05. The van der Waals surface area contributed by atoms with Crippen molar-refractivity contribution < 1.29 is 18.0 Å². The lowest BCUT2D eigenvalue weighted by Crippen LogP contribution is -2.08. The van der Waals surface area contributed by atoms with Crippen molar-refractivity contribution in [1.82, 2.24) is 0 Å². The van der Waals surface area contributed by atoms with E-state index in [-0.39, 0.29) is 5.56 Å². The zero-order valence-electron chi connectivity index (χ0n) is 9.18. The third-order valence-corrected chi connectivity index (χ3v) is 3.63. The van der Waals surface area contributed by atoms with Crippen molar-refractivity contribution in [2.45, 2.75) is 0 Å². The van der Waals surface area contributed by atoms with Gasteiger partial charge in [-0.1, -0.05) is 11.6 Å². The monoisotopic (exact) mass is 396 g/mol. The topological polar surface area (TPSA) is 17.1 Å². The lowest BCUT2D eigenvalue weighted by Gasteiger charge is -2.06. The molecule has 2 aromatic carbocycles. The molecule has 0 aliphatic heterocycles. The molecule has 1 nitrogen and oxygen atoms in total. The van der Waals surface area contributed by atoms with Crippen LogP contribution in [0, 0.1) is 21.0 Å². The zero-order chi connectivity index (χ0) is 14.2. The van der Waals surface area contributed by atoms with Gasteiger partial charge in [-0.25, -0.2) is 13.2 Å². The van der Waals surface area contributed by atoms with Gasteiger partial charge in [-0.2, -0.15) is 0 Å². The minimum Gasteiger partial charge on any atom is -0.288 e. The molecule has 0 atom stereocenters. The predicted octanol–water partition coefficient (Wildman–Crippen LogP) is 4.59. The van der Waals surface area contributed by atoms with Gasteiger partial charge in [0.2, 0.25) is 0 Å². The maximum atomic E-state index is 13.6. The highest BCUT2D eigenvalue weighted by Gasteiger charge is 2.21. The van der Waals surface area contributed by atoms with Crippen molar-refractivity contribution in [2.24, 2.45) is 0 Å². The van der Waals surface area contributed by atoms with E-state index >= 15 is 0 Å². The van der Waals surface area contributed by atoms with Crippen LogP contribution < -0.4 is 0 Å². The van der Waals surface area contributed by atoms with Crippen LogP contribution in [0.25, 0.3) is 0 Å². The second-order valence-electron chi connectivity index (χ2n) is 3.68. The Kier molecular flexibility index (Phi) is 4.15. The van der Waals surface area contributed by atoms with Crippen LogP contribution in [0.4, 0.5) is 13.2 Å². The molecule has 0 aliphatic carbocycles. The smallest absolute Gasteiger partial charge is 0.197 e. The number of carbonyl (C=O) groups excluding carboxylic acids is 1. The van der Waals surface area contributed by atoms with E-state index in [1.165, 1.54) is 6.07 Å². The number of rotatable bonds is 2. The minimum absolute atomic E-state index is 0.137. The average molecular weight is 397 g/mol. The number of carbonyl (C=O) groups is 1. The Morgan fingerprint density at radius 3 is 2.37 bits per heavy atom. The Hall–Kier alpha value is -1.08. The zero-order valence-corrected chi connectivity index (χ0v) is 12.1. The van der Waals surface area contributed by atoms with Gasteiger partial charge in [-0.15, -0.1) is 0 Å². The van der Waals surface area contributed by atoms with Crippen molar-refractivity contribution in [2.75, 3.05) is 0 Å². The maximum Gasteiger partial charge on any atom is 0.197 e. The normalized spacial score (nSPS) is 10.6. The third kappa shape index (κ3) is 2.76. The summed E-state index contributed by atoms with van der Waals surface area (Å²) in [7, 11) is 0. The molecule has 0 bridgehead atoms. The van der Waals surface area contributed by atoms with Gasteiger partial charge in [-0.05, 0) is 52.9 Å². The van der Waals surface area contributed by atoms with Gasteiger partial charge in [0.05, 0.1) is 5.56 Å². The largest absolute Gasteiger partial charge is 0.288 e. The first-order chi connectivity index (χ1) is 8.91. The van der Waals surface area contributed by atoms with Gasteiger partial charge in [0, 0.05) is 14.2 Å². The summed E-state index contributed by atoms with van der Waals surface area (Å²) in [5.41, 5.74) is -0.392. The van der Waals surface area contributed by atoms with E-state index in [1.54, 1.807) is 12.1 Å². The summed E-state index contributed by atoms with van der Waals surface area (Å²) in [6.07, 6.45) is 0. The fraction of sp³-hybridized carbons (Fsp3) is 0. The molecule has 0 aromatic heterocycles. The number of ketones is 1. The second kappa shape index (κ2) is 5.50. The molecule has 0 heterocycles. The molecule has 2 rings (SSSR count). The van der Waals surface area contributed by atoms with Crippen molar-refractivity contribution >= 4 is 40.0 Å². The molecular weight excluding hydrogens is 391 g/mol. The summed E-state index contributed by atoms with van der Waals surface area (Å²) in [6.45, 7) is 0. The Bertz CT molecular complexity index is 673. The fourth-order valence-corrected chi connectivity index (χ4v) is 2.27. The van der Waals surface area contributed by atoms with Crippen LogP contribution in [-0.2, 0) is 0 Å². The number of hydrogen-bond donors (Lipinski definition) is 0. The standard InChI is InChI=1S/C13H5ClF3IO/c14-6-1-4-10(18)8(5-6)13(19)7-2-3-9(15)12(17)11(7)16/h1-5H. The van der Waals surface area contributed by atoms with Crippen LogP contribution >= 0.6 is 34.2 Å². The van der Waals surface area contributed by atoms with Crippen molar-refractivity contribution in [3.63, 3.8) is 0 Å². The van der Waals surface area contributed by atoms with Crippen LogP contribution in [0.1, 0.15) is 15.9 Å². The molecule has 0 fully saturated rings. The lowest BCUT2D eigenvalue weighted by molar-refractivity contribution is 0.103. The van der Waals surface area contributed by atoms with Gasteiger partial charge in [-0.3, -0.25) is 4.79 Å². The van der Waals surface area contributed by atoms with Crippen LogP contribution in [0.2, 0.25) is 5.02 Å². The molecule has 0 amide bonds. The van der Waals surface area contributed by atoms with Crippen molar-refractivity contribution in [3.05, 3.63) is 67.5 Å². The van der Waals surface area contributed by atoms with Crippen molar-refractivity contribution in [3.8, 4) is 0 Å². The average Bonchev–Trinajstić information content (AvgIpc) is 2.38. The molecule has 6 heteroatoms. The Morgan fingerprint density at radius 2 is 1.68 bits per heavy atom. The van der Waals surface area contributed by atoms with Gasteiger partial charge in [0.25, 0.3) is 0 Å². The molecular formula is C13H5ClF3IO. The van der Waals surface area contributed by atoms with Gasteiger partial charge >= 0.3 is 0 Å². The minimum atomic E-state index is -1.66. The summed E-state index contributed by atoms with van der Waals surface area (Å²) in [5, 5.41) is 0.298. The number of benzene rings is 2. The summed E-state index contributed by atoms with van der Waals surface area (Å²) in [6, 6.07) is 6.12. The molecule has 98 valence electrons. The maximum absolute atomic E-state index is 13.6. The summed E-state index contributed by atoms with van der Waals surface area (Å²) >= 11 is 7.64. The van der Waals surface area contributed by atoms with E-state index < -0.39 is 28.8 Å². The highest BCUT2D eigenvalue weighted by Crippen LogP contribution is 2.23. The first kappa shape index (κ1) is 14.3. The van der Waals surface area contributed by atoms with Gasteiger partial charge in [0.15, 0.2) is 23.2 Å². The second-order valence-corrected chi connectivity index (χ2v) is 5.27. The Balaban J connectivity index is 2.56. The van der Waals surface area contributed by atoms with Crippen LogP contribution in [0.3, 0.4) is 0 Å². The predicted molar refractivity (Wildman–Crippen MR) is 73.9 cm³/mol. The molecule has 0 radical (unpaired) electrons. The molecule has 0 unspecified atom stereocenters. The van der Waals surface area contributed by atoms with Crippen LogP contribution in [-0.4, -0.2) is 5.78 Å². The molecule has 19 heavy (non-hydrogen) atoms. The quantitative estimate of drug-likeness (QED) is 0.412. The van der Waals surface area contributed by atoms with Crippen molar-refractivity contribution in [1.29, 1.82) is 0 Å². The molecule has 0 saturated heterocycles. The third-order valence-electron chi connectivity index (χ3n) is 2.45. The SMILES string of the molecule is O=C(c1cc(Cl)ccc1I)c1ccc(F)c(F)c1F. The summed E-state index contributed by atoms with van der Waals surface area (Å²) in [4.78, 5) is 12.1.